The molecule has 1 heterocycles. The third-order valence-electron chi connectivity index (χ3n) is 3.99. The van der Waals surface area contributed by atoms with E-state index in [0.29, 0.717) is 6.54 Å². The molecule has 0 fully saturated rings. The van der Waals surface area contributed by atoms with Crippen molar-refractivity contribution < 1.29 is 9.53 Å². The Hall–Kier alpha value is -3.34. The Morgan fingerprint density at radius 1 is 1.15 bits per heavy atom. The SMILES string of the molecule is COc1ccc(/C=C/C(=O)N(C)Cc2cnn(-c3ccccc3)c2)cc1. The Morgan fingerprint density at radius 2 is 1.88 bits per heavy atom. The number of aromatic nitrogens is 2. The highest BCUT2D eigenvalue weighted by molar-refractivity contribution is 5.91. The molecule has 0 saturated carbocycles. The fraction of sp³-hybridized carbons (Fsp3) is 0.143. The molecular formula is C21H21N3O2. The van der Waals surface area contributed by atoms with Crippen molar-refractivity contribution in [2.24, 2.45) is 0 Å². The molecular weight excluding hydrogens is 326 g/mol. The molecule has 0 aliphatic carbocycles. The molecule has 3 rings (SSSR count). The van der Waals surface area contributed by atoms with E-state index < -0.39 is 0 Å². The minimum Gasteiger partial charge on any atom is -0.497 e. The lowest BCUT2D eigenvalue weighted by Gasteiger charge is -2.13. The second-order valence-corrected chi connectivity index (χ2v) is 5.93. The van der Waals surface area contributed by atoms with Gasteiger partial charge in [-0.15, -0.1) is 0 Å². The van der Waals surface area contributed by atoms with Crippen LogP contribution in [0, 0.1) is 0 Å². The van der Waals surface area contributed by atoms with Gasteiger partial charge in [-0.3, -0.25) is 4.79 Å². The van der Waals surface area contributed by atoms with Gasteiger partial charge >= 0.3 is 0 Å². The Kier molecular flexibility index (Phi) is 5.49. The second-order valence-electron chi connectivity index (χ2n) is 5.93. The Labute approximate surface area is 153 Å². The number of rotatable bonds is 6. The number of likely N-dealkylation sites (N-methyl/N-ethyl adjacent to an activating group) is 1. The van der Waals surface area contributed by atoms with E-state index in [0.717, 1.165) is 22.6 Å². The van der Waals surface area contributed by atoms with E-state index in [1.807, 2.05) is 60.8 Å². The zero-order valence-corrected chi connectivity index (χ0v) is 14.9. The molecule has 5 heteroatoms. The van der Waals surface area contributed by atoms with E-state index in [1.54, 1.807) is 42.1 Å². The number of hydrogen-bond acceptors (Lipinski definition) is 3. The summed E-state index contributed by atoms with van der Waals surface area (Å²) in [7, 11) is 3.41. The van der Waals surface area contributed by atoms with Crippen molar-refractivity contribution in [3.05, 3.63) is 84.2 Å². The molecule has 0 aliphatic rings. The molecule has 2 aromatic carbocycles. The van der Waals surface area contributed by atoms with E-state index in [-0.39, 0.29) is 5.91 Å². The molecule has 132 valence electrons. The lowest BCUT2D eigenvalue weighted by atomic mass is 10.2. The number of ether oxygens (including phenoxy) is 1. The zero-order chi connectivity index (χ0) is 18.4. The van der Waals surface area contributed by atoms with Crippen LogP contribution in [-0.4, -0.2) is 34.7 Å². The maximum atomic E-state index is 12.3. The maximum Gasteiger partial charge on any atom is 0.246 e. The van der Waals surface area contributed by atoms with Gasteiger partial charge in [0.05, 0.1) is 19.0 Å². The minimum absolute atomic E-state index is 0.0618. The largest absolute Gasteiger partial charge is 0.497 e. The fourth-order valence-electron chi connectivity index (χ4n) is 2.53. The van der Waals surface area contributed by atoms with E-state index in [9.17, 15) is 4.79 Å². The van der Waals surface area contributed by atoms with Gasteiger partial charge in [-0.1, -0.05) is 30.3 Å². The average Bonchev–Trinajstić information content (AvgIpc) is 3.15. The second kappa shape index (κ2) is 8.16. The number of methoxy groups -OCH3 is 1. The van der Waals surface area contributed by atoms with E-state index in [4.69, 9.17) is 4.74 Å². The van der Waals surface area contributed by atoms with Crippen molar-refractivity contribution in [1.82, 2.24) is 14.7 Å². The van der Waals surface area contributed by atoms with Crippen molar-refractivity contribution >= 4 is 12.0 Å². The van der Waals surface area contributed by atoms with E-state index >= 15 is 0 Å². The summed E-state index contributed by atoms with van der Waals surface area (Å²) in [5.41, 5.74) is 2.92. The summed E-state index contributed by atoms with van der Waals surface area (Å²) in [5, 5.41) is 4.36. The third-order valence-corrected chi connectivity index (χ3v) is 3.99. The molecule has 0 atom stereocenters. The van der Waals surface area contributed by atoms with Crippen LogP contribution in [-0.2, 0) is 11.3 Å². The summed E-state index contributed by atoms with van der Waals surface area (Å²) in [4.78, 5) is 14.0. The van der Waals surface area contributed by atoms with Crippen LogP contribution >= 0.6 is 0 Å². The van der Waals surface area contributed by atoms with E-state index in [2.05, 4.69) is 5.10 Å². The fourth-order valence-corrected chi connectivity index (χ4v) is 2.53. The highest BCUT2D eigenvalue weighted by Gasteiger charge is 2.08. The van der Waals surface area contributed by atoms with Gasteiger partial charge in [0, 0.05) is 31.4 Å². The number of hydrogen-bond donors (Lipinski definition) is 0. The average molecular weight is 347 g/mol. The van der Waals surface area contributed by atoms with Gasteiger partial charge in [0.1, 0.15) is 5.75 Å². The van der Waals surface area contributed by atoms with Gasteiger partial charge < -0.3 is 9.64 Å². The van der Waals surface area contributed by atoms with Gasteiger partial charge in [-0.05, 0) is 35.9 Å². The molecule has 26 heavy (non-hydrogen) atoms. The first kappa shape index (κ1) is 17.5. The molecule has 5 nitrogen and oxygen atoms in total. The van der Waals surface area contributed by atoms with Crippen molar-refractivity contribution in [2.45, 2.75) is 6.54 Å². The van der Waals surface area contributed by atoms with Crippen LogP contribution in [0.15, 0.2) is 73.1 Å². The van der Waals surface area contributed by atoms with Crippen LogP contribution in [0.5, 0.6) is 5.75 Å². The van der Waals surface area contributed by atoms with E-state index in [1.165, 1.54) is 0 Å². The minimum atomic E-state index is -0.0618. The number of para-hydroxylation sites is 1. The first-order chi connectivity index (χ1) is 12.7. The quantitative estimate of drug-likeness (QED) is 0.641. The highest BCUT2D eigenvalue weighted by Crippen LogP contribution is 2.13. The van der Waals surface area contributed by atoms with Crippen LogP contribution in [0.1, 0.15) is 11.1 Å². The van der Waals surface area contributed by atoms with Gasteiger partial charge in [0.25, 0.3) is 0 Å². The van der Waals surface area contributed by atoms with Crippen molar-refractivity contribution in [2.75, 3.05) is 14.2 Å². The predicted octanol–water partition coefficient (Wildman–Crippen LogP) is 3.55. The number of carbonyl (C=O) groups excluding carboxylic acids is 1. The molecule has 0 spiro atoms. The van der Waals surface area contributed by atoms with Crippen molar-refractivity contribution in [3.8, 4) is 11.4 Å². The van der Waals surface area contributed by atoms with Crippen LogP contribution in [0.4, 0.5) is 0 Å². The molecule has 0 aliphatic heterocycles. The number of nitrogens with zero attached hydrogens (tertiary/aromatic N) is 3. The molecule has 1 aromatic heterocycles. The Balaban J connectivity index is 1.60. The third kappa shape index (κ3) is 4.39. The highest BCUT2D eigenvalue weighted by atomic mass is 16.5. The lowest BCUT2D eigenvalue weighted by Crippen LogP contribution is -2.23. The Bertz CT molecular complexity index is 883. The Morgan fingerprint density at radius 3 is 2.58 bits per heavy atom. The summed E-state index contributed by atoms with van der Waals surface area (Å²) >= 11 is 0. The summed E-state index contributed by atoms with van der Waals surface area (Å²) < 4.78 is 6.93. The van der Waals surface area contributed by atoms with Crippen LogP contribution in [0.2, 0.25) is 0 Å². The van der Waals surface area contributed by atoms with Crippen molar-refractivity contribution in [1.29, 1.82) is 0 Å². The molecule has 0 bridgehead atoms. The topological polar surface area (TPSA) is 47.4 Å². The van der Waals surface area contributed by atoms with Crippen LogP contribution < -0.4 is 4.74 Å². The smallest absolute Gasteiger partial charge is 0.246 e. The van der Waals surface area contributed by atoms with Crippen LogP contribution in [0.25, 0.3) is 11.8 Å². The molecule has 0 unspecified atom stereocenters. The number of carbonyl (C=O) groups is 1. The lowest BCUT2D eigenvalue weighted by molar-refractivity contribution is -0.125. The maximum absolute atomic E-state index is 12.3. The molecule has 1 amide bonds. The summed E-state index contributed by atoms with van der Waals surface area (Å²) in [6.45, 7) is 0.499. The van der Waals surface area contributed by atoms with Gasteiger partial charge in [0.15, 0.2) is 0 Å². The summed E-state index contributed by atoms with van der Waals surface area (Å²) in [5.74, 6) is 0.731. The first-order valence-electron chi connectivity index (χ1n) is 8.32. The molecule has 0 saturated heterocycles. The summed E-state index contributed by atoms with van der Waals surface area (Å²) in [6, 6.07) is 17.4. The standard InChI is InChI=1S/C21H21N3O2/c1-23(21(25)13-10-17-8-11-20(26-2)12-9-17)15-18-14-22-24(16-18)19-6-4-3-5-7-19/h3-14,16H,15H2,1-2H3/b13-10+. The van der Waals surface area contributed by atoms with Gasteiger partial charge in [0.2, 0.25) is 5.91 Å². The summed E-state index contributed by atoms with van der Waals surface area (Å²) in [6.07, 6.45) is 7.09. The first-order valence-corrected chi connectivity index (χ1v) is 8.32. The monoisotopic (exact) mass is 347 g/mol. The number of amides is 1. The van der Waals surface area contributed by atoms with Crippen molar-refractivity contribution in [3.63, 3.8) is 0 Å². The van der Waals surface area contributed by atoms with Gasteiger partial charge in [-0.2, -0.15) is 5.10 Å². The molecule has 0 radical (unpaired) electrons. The predicted molar refractivity (Wildman–Crippen MR) is 102 cm³/mol. The zero-order valence-electron chi connectivity index (χ0n) is 14.9. The van der Waals surface area contributed by atoms with Gasteiger partial charge in [-0.25, -0.2) is 4.68 Å². The molecule has 3 aromatic rings. The molecule has 0 N–H and O–H groups in total. The normalized spacial score (nSPS) is 10.8. The number of benzene rings is 2. The van der Waals surface area contributed by atoms with Crippen LogP contribution in [0.3, 0.4) is 0 Å².